The van der Waals surface area contributed by atoms with E-state index in [-0.39, 0.29) is 6.42 Å². The maximum Gasteiger partial charge on any atom is 0.304 e. The standard InChI is InChI=1S/C12H21NO2/c1-9(12(2)6-7-12)13(10-3-4-10)8-5-11(14)15/h9-10H,3-8H2,1-2H3,(H,14,15). The second-order valence-electron chi connectivity index (χ2n) is 5.44. The summed E-state index contributed by atoms with van der Waals surface area (Å²) < 4.78 is 0. The molecule has 3 nitrogen and oxygen atoms in total. The van der Waals surface area contributed by atoms with E-state index in [1.54, 1.807) is 0 Å². The molecule has 2 saturated carbocycles. The molecule has 0 saturated heterocycles. The van der Waals surface area contributed by atoms with Gasteiger partial charge in [-0.2, -0.15) is 0 Å². The van der Waals surface area contributed by atoms with Gasteiger partial charge in [-0.15, -0.1) is 0 Å². The predicted octanol–water partition coefficient (Wildman–Crippen LogP) is 2.11. The third kappa shape index (κ3) is 2.51. The van der Waals surface area contributed by atoms with E-state index in [1.807, 2.05) is 0 Å². The van der Waals surface area contributed by atoms with Gasteiger partial charge in [-0.3, -0.25) is 9.69 Å². The van der Waals surface area contributed by atoms with E-state index in [4.69, 9.17) is 5.11 Å². The van der Waals surface area contributed by atoms with Crippen molar-refractivity contribution in [2.45, 2.75) is 58.0 Å². The fourth-order valence-electron chi connectivity index (χ4n) is 2.34. The van der Waals surface area contributed by atoms with Gasteiger partial charge in [0.1, 0.15) is 0 Å². The number of carboxylic acid groups (broad SMARTS) is 1. The zero-order valence-corrected chi connectivity index (χ0v) is 9.70. The van der Waals surface area contributed by atoms with Crippen LogP contribution in [0.2, 0.25) is 0 Å². The Morgan fingerprint density at radius 3 is 2.53 bits per heavy atom. The zero-order valence-electron chi connectivity index (χ0n) is 9.70. The first-order valence-electron chi connectivity index (χ1n) is 6.00. The molecule has 0 aromatic heterocycles. The fourth-order valence-corrected chi connectivity index (χ4v) is 2.34. The lowest BCUT2D eigenvalue weighted by atomic mass is 9.98. The average Bonchev–Trinajstić information content (AvgIpc) is 3.00. The van der Waals surface area contributed by atoms with Gasteiger partial charge in [0.15, 0.2) is 0 Å². The van der Waals surface area contributed by atoms with Crippen LogP contribution in [0.25, 0.3) is 0 Å². The van der Waals surface area contributed by atoms with E-state index in [0.29, 0.717) is 17.5 Å². The fraction of sp³-hybridized carbons (Fsp3) is 0.917. The van der Waals surface area contributed by atoms with Crippen molar-refractivity contribution < 1.29 is 9.90 Å². The van der Waals surface area contributed by atoms with Crippen LogP contribution in [0.4, 0.5) is 0 Å². The Labute approximate surface area is 91.5 Å². The van der Waals surface area contributed by atoms with E-state index in [1.165, 1.54) is 25.7 Å². The van der Waals surface area contributed by atoms with Gasteiger partial charge < -0.3 is 5.11 Å². The van der Waals surface area contributed by atoms with Gasteiger partial charge in [-0.25, -0.2) is 0 Å². The molecule has 0 aromatic rings. The monoisotopic (exact) mass is 211 g/mol. The molecular weight excluding hydrogens is 190 g/mol. The summed E-state index contributed by atoms with van der Waals surface area (Å²) in [5.41, 5.74) is 0.473. The molecule has 15 heavy (non-hydrogen) atoms. The van der Waals surface area contributed by atoms with Crippen molar-refractivity contribution in [2.75, 3.05) is 6.54 Å². The molecule has 1 atom stereocenters. The largest absolute Gasteiger partial charge is 0.481 e. The minimum absolute atomic E-state index is 0.289. The van der Waals surface area contributed by atoms with E-state index in [2.05, 4.69) is 18.7 Å². The summed E-state index contributed by atoms with van der Waals surface area (Å²) >= 11 is 0. The molecule has 0 radical (unpaired) electrons. The first kappa shape index (κ1) is 10.9. The molecule has 2 aliphatic carbocycles. The minimum Gasteiger partial charge on any atom is -0.481 e. The van der Waals surface area contributed by atoms with E-state index >= 15 is 0 Å². The molecular formula is C12H21NO2. The summed E-state index contributed by atoms with van der Waals surface area (Å²) in [5.74, 6) is -0.672. The minimum atomic E-state index is -0.672. The topological polar surface area (TPSA) is 40.5 Å². The van der Waals surface area contributed by atoms with Gasteiger partial charge in [0, 0.05) is 18.6 Å². The molecule has 1 N–H and O–H groups in total. The number of carbonyl (C=O) groups is 1. The molecule has 2 aliphatic rings. The Hall–Kier alpha value is -0.570. The van der Waals surface area contributed by atoms with Gasteiger partial charge in [-0.05, 0) is 38.0 Å². The lowest BCUT2D eigenvalue weighted by Gasteiger charge is -2.33. The molecule has 86 valence electrons. The van der Waals surface area contributed by atoms with Gasteiger partial charge >= 0.3 is 5.97 Å². The highest BCUT2D eigenvalue weighted by Crippen LogP contribution is 2.51. The van der Waals surface area contributed by atoms with Crippen molar-refractivity contribution in [3.8, 4) is 0 Å². The van der Waals surface area contributed by atoms with E-state index in [0.717, 1.165) is 6.54 Å². The molecule has 2 rings (SSSR count). The normalized spacial score (nSPS) is 25.3. The smallest absolute Gasteiger partial charge is 0.304 e. The summed E-state index contributed by atoms with van der Waals surface area (Å²) in [6.45, 7) is 5.33. The Kier molecular flexibility index (Phi) is 2.75. The number of hydrogen-bond donors (Lipinski definition) is 1. The quantitative estimate of drug-likeness (QED) is 0.731. The summed E-state index contributed by atoms with van der Waals surface area (Å²) in [4.78, 5) is 13.0. The molecule has 1 unspecified atom stereocenters. The van der Waals surface area contributed by atoms with Gasteiger partial charge in [0.2, 0.25) is 0 Å². The van der Waals surface area contributed by atoms with Gasteiger partial charge in [0.05, 0.1) is 6.42 Å². The molecule has 0 heterocycles. The SMILES string of the molecule is CC(N(CCC(=O)O)C1CC1)C1(C)CC1. The van der Waals surface area contributed by atoms with Crippen LogP contribution in [0, 0.1) is 5.41 Å². The first-order valence-corrected chi connectivity index (χ1v) is 6.00. The molecule has 3 heteroatoms. The molecule has 2 fully saturated rings. The van der Waals surface area contributed by atoms with Crippen LogP contribution in [0.3, 0.4) is 0 Å². The van der Waals surface area contributed by atoms with Crippen LogP contribution in [0.5, 0.6) is 0 Å². The lowest BCUT2D eigenvalue weighted by molar-refractivity contribution is -0.137. The maximum absolute atomic E-state index is 10.6. The summed E-state index contributed by atoms with van der Waals surface area (Å²) in [7, 11) is 0. The Bertz CT molecular complexity index is 256. The van der Waals surface area contributed by atoms with Crippen LogP contribution in [-0.4, -0.2) is 34.6 Å². The van der Waals surface area contributed by atoms with Gasteiger partial charge in [-0.1, -0.05) is 6.92 Å². The van der Waals surface area contributed by atoms with E-state index < -0.39 is 5.97 Å². The van der Waals surface area contributed by atoms with Crippen LogP contribution in [-0.2, 0) is 4.79 Å². The second-order valence-corrected chi connectivity index (χ2v) is 5.44. The van der Waals surface area contributed by atoms with Crippen LogP contribution in [0.15, 0.2) is 0 Å². The van der Waals surface area contributed by atoms with Crippen molar-refractivity contribution >= 4 is 5.97 Å². The number of hydrogen-bond acceptors (Lipinski definition) is 2. The molecule has 0 spiro atoms. The Morgan fingerprint density at radius 1 is 1.53 bits per heavy atom. The number of nitrogens with zero attached hydrogens (tertiary/aromatic N) is 1. The third-order valence-electron chi connectivity index (χ3n) is 4.14. The molecule has 0 bridgehead atoms. The molecule has 0 aliphatic heterocycles. The van der Waals surface area contributed by atoms with Crippen LogP contribution < -0.4 is 0 Å². The van der Waals surface area contributed by atoms with Gasteiger partial charge in [0.25, 0.3) is 0 Å². The Morgan fingerprint density at radius 2 is 2.13 bits per heavy atom. The highest BCUT2D eigenvalue weighted by molar-refractivity contribution is 5.66. The number of rotatable bonds is 6. The highest BCUT2D eigenvalue weighted by Gasteiger charge is 2.47. The number of carboxylic acids is 1. The zero-order chi connectivity index (χ0) is 11.1. The average molecular weight is 211 g/mol. The van der Waals surface area contributed by atoms with Crippen molar-refractivity contribution in [3.05, 3.63) is 0 Å². The van der Waals surface area contributed by atoms with Crippen molar-refractivity contribution in [1.82, 2.24) is 4.90 Å². The highest BCUT2D eigenvalue weighted by atomic mass is 16.4. The maximum atomic E-state index is 10.6. The van der Waals surface area contributed by atoms with E-state index in [9.17, 15) is 4.79 Å². The second kappa shape index (κ2) is 3.78. The summed E-state index contributed by atoms with van der Waals surface area (Å²) in [6, 6.07) is 1.24. The van der Waals surface area contributed by atoms with Crippen LogP contribution in [0.1, 0.15) is 46.0 Å². The summed E-state index contributed by atoms with van der Waals surface area (Å²) in [5, 5.41) is 8.74. The third-order valence-corrected chi connectivity index (χ3v) is 4.14. The van der Waals surface area contributed by atoms with Crippen molar-refractivity contribution in [1.29, 1.82) is 0 Å². The van der Waals surface area contributed by atoms with Crippen molar-refractivity contribution in [2.24, 2.45) is 5.41 Å². The number of aliphatic carboxylic acids is 1. The molecule has 0 aromatic carbocycles. The van der Waals surface area contributed by atoms with Crippen LogP contribution >= 0.6 is 0 Å². The molecule has 0 amide bonds. The van der Waals surface area contributed by atoms with Crippen molar-refractivity contribution in [3.63, 3.8) is 0 Å². The predicted molar refractivity (Wildman–Crippen MR) is 58.8 cm³/mol. The first-order chi connectivity index (χ1) is 7.03. The Balaban J connectivity index is 1.90. The lowest BCUT2D eigenvalue weighted by Crippen LogP contribution is -2.41. The summed E-state index contributed by atoms with van der Waals surface area (Å²) in [6.07, 6.45) is 5.44.